The lowest BCUT2D eigenvalue weighted by atomic mass is 9.76. The van der Waals surface area contributed by atoms with Crippen LogP contribution in [-0.4, -0.2) is 37.5 Å². The van der Waals surface area contributed by atoms with E-state index in [1.54, 1.807) is 12.1 Å². The largest absolute Gasteiger partial charge is 0.493 e. The van der Waals surface area contributed by atoms with E-state index in [9.17, 15) is 14.4 Å². The number of hydrogen-bond donors (Lipinski definition) is 1. The van der Waals surface area contributed by atoms with Crippen molar-refractivity contribution in [2.75, 3.05) is 29.5 Å². The Hall–Kier alpha value is -5.17. The molecule has 3 aliphatic heterocycles. The third kappa shape index (κ3) is 4.84. The summed E-state index contributed by atoms with van der Waals surface area (Å²) in [6.07, 6.45) is 3.35. The summed E-state index contributed by atoms with van der Waals surface area (Å²) >= 11 is 0. The van der Waals surface area contributed by atoms with Gasteiger partial charge in [-0.15, -0.1) is 0 Å². The predicted molar refractivity (Wildman–Crippen MR) is 171 cm³/mol. The van der Waals surface area contributed by atoms with Gasteiger partial charge in [0.05, 0.1) is 12.3 Å². The van der Waals surface area contributed by atoms with E-state index in [1.165, 1.54) is 22.9 Å². The number of carbonyl (C=O) groups excluding carboxylic acids is 3. The van der Waals surface area contributed by atoms with E-state index >= 15 is 0 Å². The first kappa shape index (κ1) is 27.7. The molecule has 1 N–H and O–H groups in total. The number of para-hydroxylation sites is 1. The zero-order chi connectivity index (χ0) is 30.2. The number of rotatable bonds is 6. The number of anilines is 2. The quantitative estimate of drug-likeness (QED) is 0.204. The van der Waals surface area contributed by atoms with E-state index in [4.69, 9.17) is 4.74 Å². The fourth-order valence-electron chi connectivity index (χ4n) is 6.90. The van der Waals surface area contributed by atoms with Gasteiger partial charge in [0.1, 0.15) is 11.3 Å². The fraction of sp³-hybridized carbons (Fsp3) is 0.216. The van der Waals surface area contributed by atoms with Gasteiger partial charge in [0.15, 0.2) is 0 Å². The molecule has 0 aliphatic carbocycles. The fourth-order valence-corrected chi connectivity index (χ4v) is 6.90. The van der Waals surface area contributed by atoms with Crippen molar-refractivity contribution in [3.8, 4) is 5.75 Å². The number of nitrogens with one attached hydrogen (secondary N) is 1. The summed E-state index contributed by atoms with van der Waals surface area (Å²) in [5.74, 6) is -0.617. The second-order valence-corrected chi connectivity index (χ2v) is 11.4. The number of urea groups is 1. The number of imide groups is 2. The Labute approximate surface area is 256 Å². The zero-order valence-corrected chi connectivity index (χ0v) is 24.5. The molecule has 4 aromatic rings. The monoisotopic (exact) mass is 583 g/mol. The van der Waals surface area contributed by atoms with Crippen LogP contribution < -0.4 is 19.9 Å². The Kier molecular flexibility index (Phi) is 7.22. The first-order valence-electron chi connectivity index (χ1n) is 15.2. The van der Waals surface area contributed by atoms with Crippen molar-refractivity contribution >= 4 is 35.3 Å². The summed E-state index contributed by atoms with van der Waals surface area (Å²) in [6, 6.07) is 31.2. The lowest BCUT2D eigenvalue weighted by Crippen LogP contribution is -2.54. The number of carbonyl (C=O) groups is 3. The molecular formula is C37H33N3O4. The summed E-state index contributed by atoms with van der Waals surface area (Å²) < 4.78 is 5.73. The minimum absolute atomic E-state index is 0.105. The third-order valence-corrected chi connectivity index (χ3v) is 8.88. The van der Waals surface area contributed by atoms with Crippen molar-refractivity contribution in [1.82, 2.24) is 5.32 Å². The molecule has 0 aromatic heterocycles. The molecule has 0 saturated carbocycles. The second-order valence-electron chi connectivity index (χ2n) is 11.4. The van der Waals surface area contributed by atoms with E-state index in [-0.39, 0.29) is 17.4 Å². The van der Waals surface area contributed by atoms with Gasteiger partial charge in [0.2, 0.25) is 0 Å². The van der Waals surface area contributed by atoms with E-state index < -0.39 is 17.8 Å². The highest BCUT2D eigenvalue weighted by Crippen LogP contribution is 2.50. The highest BCUT2D eigenvalue weighted by atomic mass is 16.5. The van der Waals surface area contributed by atoms with Crippen LogP contribution in [0.25, 0.3) is 6.08 Å². The molecule has 0 bridgehead atoms. The standard InChI is InChI=1S/C37H33N3O4/c1-2-44-33-16-10-9-15-26(33)21-32-35(41)38-37(43)40(36(32)42)27-22-30-28(24-11-5-3-6-12-24)17-19-39-20-18-29(31(23-27)34(30)39)25-13-7-4-8-14-25/h3-16,21-23,28-29H,2,17-20H2,1H3,(H,38,41,43)/b32-21+/t28-,29+. The maximum Gasteiger partial charge on any atom is 0.335 e. The molecule has 2 atom stereocenters. The van der Waals surface area contributed by atoms with E-state index in [2.05, 4.69) is 58.7 Å². The van der Waals surface area contributed by atoms with Crippen molar-refractivity contribution < 1.29 is 19.1 Å². The van der Waals surface area contributed by atoms with Gasteiger partial charge in [-0.25, -0.2) is 9.69 Å². The Bertz CT molecular complexity index is 1710. The molecule has 4 amide bonds. The Morgan fingerprint density at radius 2 is 1.36 bits per heavy atom. The van der Waals surface area contributed by atoms with Crippen LogP contribution in [0.4, 0.5) is 16.2 Å². The Morgan fingerprint density at radius 1 is 0.795 bits per heavy atom. The lowest BCUT2D eigenvalue weighted by molar-refractivity contribution is -0.122. The van der Waals surface area contributed by atoms with Gasteiger partial charge >= 0.3 is 6.03 Å². The number of barbiturate groups is 1. The average Bonchev–Trinajstić information content (AvgIpc) is 3.05. The van der Waals surface area contributed by atoms with Crippen LogP contribution >= 0.6 is 0 Å². The number of amides is 4. The highest BCUT2D eigenvalue weighted by Gasteiger charge is 2.40. The van der Waals surface area contributed by atoms with Gasteiger partial charge in [-0.1, -0.05) is 78.9 Å². The van der Waals surface area contributed by atoms with Crippen LogP contribution in [0.1, 0.15) is 59.4 Å². The minimum atomic E-state index is -0.751. The molecule has 0 radical (unpaired) electrons. The topological polar surface area (TPSA) is 79.0 Å². The normalized spacial score (nSPS) is 20.4. The van der Waals surface area contributed by atoms with Crippen molar-refractivity contribution in [3.05, 3.63) is 130 Å². The van der Waals surface area contributed by atoms with E-state index in [0.29, 0.717) is 23.6 Å². The van der Waals surface area contributed by atoms with Crippen molar-refractivity contribution in [3.63, 3.8) is 0 Å². The molecule has 4 aromatic carbocycles. The van der Waals surface area contributed by atoms with Crippen LogP contribution in [0, 0.1) is 0 Å². The molecular weight excluding hydrogens is 550 g/mol. The lowest BCUT2D eigenvalue weighted by Gasteiger charge is -2.44. The average molecular weight is 584 g/mol. The first-order valence-corrected chi connectivity index (χ1v) is 15.2. The van der Waals surface area contributed by atoms with Crippen LogP contribution in [0.5, 0.6) is 5.75 Å². The Morgan fingerprint density at radius 3 is 1.95 bits per heavy atom. The second kappa shape index (κ2) is 11.5. The number of benzene rings is 4. The maximum absolute atomic E-state index is 14.1. The van der Waals surface area contributed by atoms with Gasteiger partial charge in [0, 0.05) is 36.2 Å². The van der Waals surface area contributed by atoms with Crippen LogP contribution in [0.2, 0.25) is 0 Å². The molecule has 7 nitrogen and oxygen atoms in total. The summed E-state index contributed by atoms with van der Waals surface area (Å²) in [7, 11) is 0. The van der Waals surface area contributed by atoms with Gasteiger partial charge in [-0.05, 0) is 66.3 Å². The third-order valence-electron chi connectivity index (χ3n) is 8.88. The van der Waals surface area contributed by atoms with Gasteiger partial charge in [0.25, 0.3) is 11.8 Å². The van der Waals surface area contributed by atoms with Gasteiger partial charge < -0.3 is 9.64 Å². The smallest absolute Gasteiger partial charge is 0.335 e. The van der Waals surface area contributed by atoms with Gasteiger partial charge in [-0.3, -0.25) is 14.9 Å². The maximum atomic E-state index is 14.1. The molecule has 220 valence electrons. The molecule has 3 aliphatic rings. The summed E-state index contributed by atoms with van der Waals surface area (Å²) in [5.41, 5.74) is 6.72. The predicted octanol–water partition coefficient (Wildman–Crippen LogP) is 6.63. The zero-order valence-electron chi connectivity index (χ0n) is 24.5. The molecule has 7 rings (SSSR count). The van der Waals surface area contributed by atoms with E-state index in [1.807, 2.05) is 43.3 Å². The van der Waals surface area contributed by atoms with Crippen LogP contribution in [0.3, 0.4) is 0 Å². The summed E-state index contributed by atoms with van der Waals surface area (Å²) in [5, 5.41) is 2.41. The minimum Gasteiger partial charge on any atom is -0.493 e. The Balaban J connectivity index is 1.39. The number of hydrogen-bond acceptors (Lipinski definition) is 5. The number of nitrogens with zero attached hydrogens (tertiary/aromatic N) is 2. The molecule has 3 heterocycles. The van der Waals surface area contributed by atoms with Crippen molar-refractivity contribution in [2.24, 2.45) is 0 Å². The SMILES string of the molecule is CCOc1ccccc1/C=C1\C(=O)NC(=O)N(c2cc3c4c(c2)[C@H](c2ccccc2)CCN4CC[C@@H]3c2ccccc2)C1=O. The van der Waals surface area contributed by atoms with E-state index in [0.717, 1.165) is 42.0 Å². The first-order chi connectivity index (χ1) is 21.5. The van der Waals surface area contributed by atoms with Crippen LogP contribution in [0.15, 0.2) is 103 Å². The van der Waals surface area contributed by atoms with Crippen molar-refractivity contribution in [2.45, 2.75) is 31.6 Å². The molecule has 1 fully saturated rings. The van der Waals surface area contributed by atoms with Crippen LogP contribution in [-0.2, 0) is 9.59 Å². The number of ether oxygens (including phenoxy) is 1. The van der Waals surface area contributed by atoms with Gasteiger partial charge in [-0.2, -0.15) is 0 Å². The summed E-state index contributed by atoms with van der Waals surface area (Å²) in [6.45, 7) is 4.18. The van der Waals surface area contributed by atoms with Crippen molar-refractivity contribution in [1.29, 1.82) is 0 Å². The summed E-state index contributed by atoms with van der Waals surface area (Å²) in [4.78, 5) is 44.2. The molecule has 0 spiro atoms. The molecule has 44 heavy (non-hydrogen) atoms. The molecule has 0 unspecified atom stereocenters. The molecule has 1 saturated heterocycles. The highest BCUT2D eigenvalue weighted by molar-refractivity contribution is 6.39. The molecule has 7 heteroatoms.